The molecule has 1 fully saturated rings. The first kappa shape index (κ1) is 11.5. The van der Waals surface area contributed by atoms with Crippen LogP contribution in [0.25, 0.3) is 10.8 Å². The second kappa shape index (κ2) is 4.99. The Kier molecular flexibility index (Phi) is 3.20. The van der Waals surface area contributed by atoms with Crippen molar-refractivity contribution < 1.29 is 9.47 Å². The molecule has 1 unspecified atom stereocenters. The summed E-state index contributed by atoms with van der Waals surface area (Å²) < 4.78 is 11.5. The Bertz CT molecular complexity index is 542. The van der Waals surface area contributed by atoms with Crippen molar-refractivity contribution in [3.05, 3.63) is 42.0 Å². The zero-order chi connectivity index (χ0) is 12.4. The summed E-state index contributed by atoms with van der Waals surface area (Å²) in [7, 11) is 1.73. The summed E-state index contributed by atoms with van der Waals surface area (Å²) in [6.45, 7) is 0.858. The van der Waals surface area contributed by atoms with Crippen molar-refractivity contribution in [2.45, 2.75) is 25.4 Å². The number of benzene rings is 2. The maximum Gasteiger partial charge on any atom is 0.125 e. The highest BCUT2D eigenvalue weighted by molar-refractivity contribution is 5.88. The van der Waals surface area contributed by atoms with E-state index in [-0.39, 0.29) is 6.10 Å². The molecule has 0 aromatic heterocycles. The van der Waals surface area contributed by atoms with Gasteiger partial charge in [0.05, 0.1) is 13.2 Å². The van der Waals surface area contributed by atoms with E-state index in [0.29, 0.717) is 0 Å². The van der Waals surface area contributed by atoms with E-state index in [1.807, 2.05) is 0 Å². The second-order valence-electron chi connectivity index (χ2n) is 4.76. The van der Waals surface area contributed by atoms with Crippen molar-refractivity contribution in [1.29, 1.82) is 0 Å². The van der Waals surface area contributed by atoms with Crippen LogP contribution in [0.5, 0.6) is 5.75 Å². The molecule has 0 bridgehead atoms. The quantitative estimate of drug-likeness (QED) is 0.789. The van der Waals surface area contributed by atoms with Gasteiger partial charge in [0.1, 0.15) is 5.75 Å². The van der Waals surface area contributed by atoms with Gasteiger partial charge in [0, 0.05) is 12.2 Å². The number of hydrogen-bond acceptors (Lipinski definition) is 2. The van der Waals surface area contributed by atoms with Gasteiger partial charge in [-0.2, -0.15) is 0 Å². The Morgan fingerprint density at radius 3 is 2.78 bits per heavy atom. The SMILES string of the molecule is COc1ccc2ccccc2c1C1CCCCO1. The Hall–Kier alpha value is -1.54. The summed E-state index contributed by atoms with van der Waals surface area (Å²) in [6, 6.07) is 12.6. The number of fused-ring (bicyclic) bond motifs is 1. The van der Waals surface area contributed by atoms with Crippen molar-refractivity contribution in [1.82, 2.24) is 0 Å². The maximum absolute atomic E-state index is 5.93. The minimum atomic E-state index is 0.180. The van der Waals surface area contributed by atoms with Crippen LogP contribution in [0.4, 0.5) is 0 Å². The van der Waals surface area contributed by atoms with Gasteiger partial charge in [-0.3, -0.25) is 0 Å². The van der Waals surface area contributed by atoms with Crippen molar-refractivity contribution in [2.24, 2.45) is 0 Å². The highest BCUT2D eigenvalue weighted by Crippen LogP contribution is 2.38. The van der Waals surface area contributed by atoms with E-state index in [0.717, 1.165) is 18.8 Å². The highest BCUT2D eigenvalue weighted by Gasteiger charge is 2.22. The fourth-order valence-electron chi connectivity index (χ4n) is 2.75. The molecule has 94 valence electrons. The van der Waals surface area contributed by atoms with Crippen LogP contribution in [0.3, 0.4) is 0 Å². The Morgan fingerprint density at radius 1 is 1.11 bits per heavy atom. The van der Waals surface area contributed by atoms with E-state index in [4.69, 9.17) is 9.47 Å². The fraction of sp³-hybridized carbons (Fsp3) is 0.375. The minimum Gasteiger partial charge on any atom is -0.496 e. The molecule has 1 saturated heterocycles. The first-order chi connectivity index (χ1) is 8.90. The molecule has 3 rings (SSSR count). The predicted molar refractivity (Wildman–Crippen MR) is 73.0 cm³/mol. The maximum atomic E-state index is 5.93. The highest BCUT2D eigenvalue weighted by atomic mass is 16.5. The summed E-state index contributed by atoms with van der Waals surface area (Å²) in [4.78, 5) is 0. The number of rotatable bonds is 2. The van der Waals surface area contributed by atoms with Crippen LogP contribution < -0.4 is 4.74 Å². The zero-order valence-corrected chi connectivity index (χ0v) is 10.7. The number of methoxy groups -OCH3 is 1. The Morgan fingerprint density at radius 2 is 2.00 bits per heavy atom. The molecular formula is C16H18O2. The Labute approximate surface area is 108 Å². The van der Waals surface area contributed by atoms with Gasteiger partial charge in [-0.05, 0) is 36.1 Å². The molecule has 0 amide bonds. The van der Waals surface area contributed by atoms with Gasteiger partial charge in [0.2, 0.25) is 0 Å². The molecule has 1 aliphatic rings. The van der Waals surface area contributed by atoms with E-state index < -0.39 is 0 Å². The van der Waals surface area contributed by atoms with Gasteiger partial charge in [-0.1, -0.05) is 30.3 Å². The normalized spacial score (nSPS) is 19.9. The van der Waals surface area contributed by atoms with Crippen LogP contribution in [0.2, 0.25) is 0 Å². The molecule has 18 heavy (non-hydrogen) atoms. The van der Waals surface area contributed by atoms with Gasteiger partial charge in [-0.15, -0.1) is 0 Å². The molecule has 2 aromatic carbocycles. The average molecular weight is 242 g/mol. The molecule has 2 nitrogen and oxygen atoms in total. The van der Waals surface area contributed by atoms with E-state index in [9.17, 15) is 0 Å². The third-order valence-corrected chi connectivity index (χ3v) is 3.65. The molecule has 2 heteroatoms. The standard InChI is InChI=1S/C16H18O2/c1-17-14-10-9-12-6-2-3-7-13(12)16(14)15-8-4-5-11-18-15/h2-3,6-7,9-10,15H,4-5,8,11H2,1H3. The van der Waals surface area contributed by atoms with E-state index in [2.05, 4.69) is 36.4 Å². The number of hydrogen-bond donors (Lipinski definition) is 0. The van der Waals surface area contributed by atoms with Gasteiger partial charge >= 0.3 is 0 Å². The van der Waals surface area contributed by atoms with Crippen molar-refractivity contribution >= 4 is 10.8 Å². The smallest absolute Gasteiger partial charge is 0.125 e. The van der Waals surface area contributed by atoms with Crippen LogP contribution in [0, 0.1) is 0 Å². The summed E-state index contributed by atoms with van der Waals surface area (Å²) in [6.07, 6.45) is 3.67. The molecular weight excluding hydrogens is 224 g/mol. The summed E-state index contributed by atoms with van der Waals surface area (Å²) in [5.41, 5.74) is 1.22. The van der Waals surface area contributed by atoms with Crippen molar-refractivity contribution in [3.63, 3.8) is 0 Å². The lowest BCUT2D eigenvalue weighted by atomic mass is 9.95. The summed E-state index contributed by atoms with van der Waals surface area (Å²) >= 11 is 0. The van der Waals surface area contributed by atoms with Crippen LogP contribution in [-0.4, -0.2) is 13.7 Å². The van der Waals surface area contributed by atoms with Crippen LogP contribution in [-0.2, 0) is 4.74 Å². The second-order valence-corrected chi connectivity index (χ2v) is 4.76. The van der Waals surface area contributed by atoms with Crippen LogP contribution in [0.15, 0.2) is 36.4 Å². The van der Waals surface area contributed by atoms with Crippen LogP contribution >= 0.6 is 0 Å². The molecule has 0 N–H and O–H groups in total. The third kappa shape index (κ3) is 1.97. The topological polar surface area (TPSA) is 18.5 Å². The molecule has 0 saturated carbocycles. The first-order valence-corrected chi connectivity index (χ1v) is 6.57. The van der Waals surface area contributed by atoms with Crippen molar-refractivity contribution in [2.75, 3.05) is 13.7 Å². The molecule has 1 aliphatic heterocycles. The Balaban J connectivity index is 2.16. The summed E-state index contributed by atoms with van der Waals surface area (Å²) in [5.74, 6) is 0.945. The van der Waals surface area contributed by atoms with E-state index in [1.165, 1.54) is 29.2 Å². The van der Waals surface area contributed by atoms with Gasteiger partial charge in [0.15, 0.2) is 0 Å². The average Bonchev–Trinajstić information content (AvgIpc) is 2.47. The van der Waals surface area contributed by atoms with Crippen molar-refractivity contribution in [3.8, 4) is 5.75 Å². The third-order valence-electron chi connectivity index (χ3n) is 3.65. The predicted octanol–water partition coefficient (Wildman–Crippen LogP) is 4.09. The van der Waals surface area contributed by atoms with Gasteiger partial charge < -0.3 is 9.47 Å². The lowest BCUT2D eigenvalue weighted by Crippen LogP contribution is -2.12. The molecule has 0 spiro atoms. The monoisotopic (exact) mass is 242 g/mol. The van der Waals surface area contributed by atoms with E-state index in [1.54, 1.807) is 7.11 Å². The molecule has 1 atom stereocenters. The largest absolute Gasteiger partial charge is 0.496 e. The lowest BCUT2D eigenvalue weighted by molar-refractivity contribution is 0.0145. The van der Waals surface area contributed by atoms with Gasteiger partial charge in [0.25, 0.3) is 0 Å². The zero-order valence-electron chi connectivity index (χ0n) is 10.7. The lowest BCUT2D eigenvalue weighted by Gasteiger charge is -2.25. The minimum absolute atomic E-state index is 0.180. The number of ether oxygens (including phenoxy) is 2. The molecule has 1 heterocycles. The summed E-state index contributed by atoms with van der Waals surface area (Å²) in [5, 5.41) is 2.51. The van der Waals surface area contributed by atoms with Gasteiger partial charge in [-0.25, -0.2) is 0 Å². The molecule has 0 aliphatic carbocycles. The van der Waals surface area contributed by atoms with E-state index >= 15 is 0 Å². The van der Waals surface area contributed by atoms with Crippen LogP contribution in [0.1, 0.15) is 30.9 Å². The first-order valence-electron chi connectivity index (χ1n) is 6.57. The fourth-order valence-corrected chi connectivity index (χ4v) is 2.75. The molecule has 2 aromatic rings. The molecule has 0 radical (unpaired) electrons.